The third-order valence-corrected chi connectivity index (χ3v) is 4.59. The van der Waals surface area contributed by atoms with Crippen molar-refractivity contribution in [1.29, 1.82) is 0 Å². The van der Waals surface area contributed by atoms with Crippen molar-refractivity contribution in [1.82, 2.24) is 10.2 Å². The van der Waals surface area contributed by atoms with Gasteiger partial charge in [0.05, 0.1) is 6.42 Å². The van der Waals surface area contributed by atoms with Crippen LogP contribution in [0.1, 0.15) is 39.0 Å². The first-order valence-electron chi connectivity index (χ1n) is 7.19. The number of carbonyl (C=O) groups is 2. The summed E-state index contributed by atoms with van der Waals surface area (Å²) in [5, 5.41) is 11.4. The second-order valence-electron chi connectivity index (χ2n) is 6.26. The van der Waals surface area contributed by atoms with E-state index in [0.717, 1.165) is 18.4 Å². The average molecular weight is 268 g/mol. The fourth-order valence-corrected chi connectivity index (χ4v) is 3.67. The van der Waals surface area contributed by atoms with E-state index >= 15 is 0 Å². The number of hydrogen-bond donors (Lipinski definition) is 2. The highest BCUT2D eigenvalue weighted by Crippen LogP contribution is 2.48. The lowest BCUT2D eigenvalue weighted by Gasteiger charge is -2.28. The highest BCUT2D eigenvalue weighted by atomic mass is 16.4. The van der Waals surface area contributed by atoms with Gasteiger partial charge >= 0.3 is 12.0 Å². The SMILES string of the molecule is CC(CC(=O)O)NC(=O)N(C)CC1CC2CCC1C2. The predicted octanol–water partition coefficient (Wildman–Crippen LogP) is 1.93. The van der Waals surface area contributed by atoms with Gasteiger partial charge in [-0.2, -0.15) is 0 Å². The van der Waals surface area contributed by atoms with Gasteiger partial charge < -0.3 is 15.3 Å². The van der Waals surface area contributed by atoms with Crippen molar-refractivity contribution < 1.29 is 14.7 Å². The van der Waals surface area contributed by atoms with Gasteiger partial charge in [-0.05, 0) is 43.9 Å². The van der Waals surface area contributed by atoms with Gasteiger partial charge in [-0.3, -0.25) is 4.79 Å². The molecule has 4 atom stereocenters. The second-order valence-corrected chi connectivity index (χ2v) is 6.26. The molecule has 2 bridgehead atoms. The lowest BCUT2D eigenvalue weighted by Crippen LogP contribution is -2.44. The standard InChI is InChI=1S/C14H24N2O3/c1-9(5-13(17)18)15-14(19)16(2)8-12-7-10-3-4-11(12)6-10/h9-12H,3-8H2,1-2H3,(H,15,19)(H,17,18). The molecule has 2 aliphatic rings. The van der Waals surface area contributed by atoms with Crippen LogP contribution in [0.5, 0.6) is 0 Å². The van der Waals surface area contributed by atoms with Crippen LogP contribution in [0.25, 0.3) is 0 Å². The minimum Gasteiger partial charge on any atom is -0.481 e. The summed E-state index contributed by atoms with van der Waals surface area (Å²) in [5.41, 5.74) is 0. The van der Waals surface area contributed by atoms with Crippen LogP contribution in [0.4, 0.5) is 4.79 Å². The van der Waals surface area contributed by atoms with E-state index in [-0.39, 0.29) is 18.5 Å². The first kappa shape index (κ1) is 14.2. The lowest BCUT2D eigenvalue weighted by molar-refractivity contribution is -0.137. The largest absolute Gasteiger partial charge is 0.481 e. The van der Waals surface area contributed by atoms with Gasteiger partial charge in [-0.25, -0.2) is 4.79 Å². The van der Waals surface area contributed by atoms with Gasteiger partial charge in [0.1, 0.15) is 0 Å². The summed E-state index contributed by atoms with van der Waals surface area (Å²) in [6.45, 7) is 2.52. The van der Waals surface area contributed by atoms with E-state index in [4.69, 9.17) is 5.11 Å². The maximum Gasteiger partial charge on any atom is 0.317 e. The van der Waals surface area contributed by atoms with E-state index in [1.165, 1.54) is 25.7 Å². The molecule has 2 rings (SSSR count). The molecule has 2 fully saturated rings. The van der Waals surface area contributed by atoms with Gasteiger partial charge in [0.15, 0.2) is 0 Å². The molecule has 0 aromatic rings. The minimum atomic E-state index is -0.886. The summed E-state index contributed by atoms with van der Waals surface area (Å²) in [5.74, 6) is 1.45. The van der Waals surface area contributed by atoms with E-state index in [0.29, 0.717) is 5.92 Å². The Hall–Kier alpha value is -1.26. The summed E-state index contributed by atoms with van der Waals surface area (Å²) in [6, 6.07) is -0.482. The first-order chi connectivity index (χ1) is 8.95. The van der Waals surface area contributed by atoms with Crippen LogP contribution in [0.15, 0.2) is 0 Å². The van der Waals surface area contributed by atoms with Crippen molar-refractivity contribution in [2.75, 3.05) is 13.6 Å². The number of fused-ring (bicyclic) bond motifs is 2. The van der Waals surface area contributed by atoms with Crippen LogP contribution in [-0.4, -0.2) is 41.6 Å². The number of carbonyl (C=O) groups excluding carboxylic acids is 1. The molecule has 0 aromatic heterocycles. The summed E-state index contributed by atoms with van der Waals surface area (Å²) >= 11 is 0. The molecule has 5 nitrogen and oxygen atoms in total. The van der Waals surface area contributed by atoms with Crippen LogP contribution in [0.2, 0.25) is 0 Å². The zero-order valence-corrected chi connectivity index (χ0v) is 11.8. The van der Waals surface area contributed by atoms with Crippen molar-refractivity contribution in [3.05, 3.63) is 0 Å². The number of nitrogens with zero attached hydrogens (tertiary/aromatic N) is 1. The van der Waals surface area contributed by atoms with Crippen molar-refractivity contribution in [3.8, 4) is 0 Å². The molecule has 2 saturated carbocycles. The van der Waals surface area contributed by atoms with E-state index in [1.54, 1.807) is 18.9 Å². The summed E-state index contributed by atoms with van der Waals surface area (Å²) in [7, 11) is 1.80. The summed E-state index contributed by atoms with van der Waals surface area (Å²) < 4.78 is 0. The van der Waals surface area contributed by atoms with Gasteiger partial charge in [0.2, 0.25) is 0 Å². The van der Waals surface area contributed by atoms with E-state index in [1.807, 2.05) is 0 Å². The smallest absolute Gasteiger partial charge is 0.317 e. The van der Waals surface area contributed by atoms with Crippen molar-refractivity contribution in [2.24, 2.45) is 17.8 Å². The number of rotatable bonds is 5. The molecule has 0 heterocycles. The van der Waals surface area contributed by atoms with E-state index in [2.05, 4.69) is 5.32 Å². The second kappa shape index (κ2) is 5.80. The Labute approximate surface area is 114 Å². The molecule has 0 aromatic carbocycles. The summed E-state index contributed by atoms with van der Waals surface area (Å²) in [6.07, 6.45) is 5.25. The molecule has 2 N–H and O–H groups in total. The van der Waals surface area contributed by atoms with E-state index in [9.17, 15) is 9.59 Å². The highest BCUT2D eigenvalue weighted by molar-refractivity contribution is 5.75. The number of carboxylic acids is 1. The molecule has 0 saturated heterocycles. The van der Waals surface area contributed by atoms with Gasteiger partial charge in [0.25, 0.3) is 0 Å². The fraction of sp³-hybridized carbons (Fsp3) is 0.857. The monoisotopic (exact) mass is 268 g/mol. The molecule has 108 valence electrons. The Kier molecular flexibility index (Phi) is 4.32. The Morgan fingerprint density at radius 1 is 1.37 bits per heavy atom. The summed E-state index contributed by atoms with van der Waals surface area (Å²) in [4.78, 5) is 24.2. The minimum absolute atomic E-state index is 0.0340. The predicted molar refractivity (Wildman–Crippen MR) is 71.8 cm³/mol. The number of carboxylic acid groups (broad SMARTS) is 1. The Bertz CT molecular complexity index is 359. The Morgan fingerprint density at radius 2 is 2.11 bits per heavy atom. The zero-order chi connectivity index (χ0) is 14.0. The van der Waals surface area contributed by atoms with Gasteiger partial charge in [-0.15, -0.1) is 0 Å². The quantitative estimate of drug-likeness (QED) is 0.800. The third-order valence-electron chi connectivity index (χ3n) is 4.59. The van der Waals surface area contributed by atoms with Gasteiger partial charge in [0, 0.05) is 19.6 Å². The van der Waals surface area contributed by atoms with Crippen LogP contribution < -0.4 is 5.32 Å². The molecule has 0 aliphatic heterocycles. The lowest BCUT2D eigenvalue weighted by atomic mass is 9.88. The number of amides is 2. The van der Waals surface area contributed by atoms with Crippen molar-refractivity contribution in [2.45, 2.75) is 45.1 Å². The van der Waals surface area contributed by atoms with Crippen LogP contribution in [0.3, 0.4) is 0 Å². The Morgan fingerprint density at radius 3 is 2.63 bits per heavy atom. The Balaban J connectivity index is 1.74. The molecule has 0 spiro atoms. The fourth-order valence-electron chi connectivity index (χ4n) is 3.67. The highest BCUT2D eigenvalue weighted by Gasteiger charge is 2.40. The first-order valence-corrected chi connectivity index (χ1v) is 7.19. The van der Waals surface area contributed by atoms with Crippen LogP contribution in [0, 0.1) is 17.8 Å². The molecular weight excluding hydrogens is 244 g/mol. The topological polar surface area (TPSA) is 69.6 Å². The molecule has 19 heavy (non-hydrogen) atoms. The normalized spacial score (nSPS) is 30.1. The third kappa shape index (κ3) is 3.61. The number of aliphatic carboxylic acids is 1. The maximum atomic E-state index is 12.0. The molecule has 2 amide bonds. The van der Waals surface area contributed by atoms with Crippen molar-refractivity contribution >= 4 is 12.0 Å². The molecule has 2 aliphatic carbocycles. The molecular formula is C14H24N2O3. The molecule has 4 unspecified atom stereocenters. The number of nitrogens with one attached hydrogen (secondary N) is 1. The number of hydrogen-bond acceptors (Lipinski definition) is 2. The van der Waals surface area contributed by atoms with E-state index < -0.39 is 5.97 Å². The average Bonchev–Trinajstić information content (AvgIpc) is 2.89. The zero-order valence-electron chi connectivity index (χ0n) is 11.8. The van der Waals surface area contributed by atoms with Crippen LogP contribution >= 0.6 is 0 Å². The van der Waals surface area contributed by atoms with Crippen molar-refractivity contribution in [3.63, 3.8) is 0 Å². The van der Waals surface area contributed by atoms with Crippen LogP contribution in [-0.2, 0) is 4.79 Å². The van der Waals surface area contributed by atoms with Gasteiger partial charge in [-0.1, -0.05) is 6.42 Å². The number of urea groups is 1. The molecule has 0 radical (unpaired) electrons. The maximum absolute atomic E-state index is 12.0. The molecule has 5 heteroatoms.